The summed E-state index contributed by atoms with van der Waals surface area (Å²) in [5.41, 5.74) is 1.22. The van der Waals surface area contributed by atoms with Gasteiger partial charge in [-0.15, -0.1) is 11.3 Å². The average Bonchev–Trinajstić information content (AvgIpc) is 3.14. The zero-order valence-corrected chi connectivity index (χ0v) is 13.2. The molecule has 0 saturated heterocycles. The predicted octanol–water partition coefficient (Wildman–Crippen LogP) is 6.19. The lowest BCUT2D eigenvalue weighted by Gasteiger charge is -2.13. The van der Waals surface area contributed by atoms with E-state index in [1.165, 1.54) is 5.38 Å². The molecule has 0 fully saturated rings. The van der Waals surface area contributed by atoms with Gasteiger partial charge >= 0.3 is 6.18 Å². The second-order valence-electron chi connectivity index (χ2n) is 5.42. The number of ether oxygens (including phenoxy) is 1. The molecule has 1 aromatic carbocycles. The molecule has 0 bridgehead atoms. The highest BCUT2D eigenvalue weighted by Gasteiger charge is 2.37. The van der Waals surface area contributed by atoms with Gasteiger partial charge in [0.15, 0.2) is 17.4 Å². The van der Waals surface area contributed by atoms with Crippen molar-refractivity contribution in [2.45, 2.75) is 32.0 Å². The lowest BCUT2D eigenvalue weighted by atomic mass is 10.0. The van der Waals surface area contributed by atoms with E-state index in [0.29, 0.717) is 23.3 Å². The summed E-state index contributed by atoms with van der Waals surface area (Å²) < 4.78 is 72.0. The van der Waals surface area contributed by atoms with Gasteiger partial charge in [-0.3, -0.25) is 0 Å². The van der Waals surface area contributed by atoms with Gasteiger partial charge in [-0.25, -0.2) is 8.78 Å². The summed E-state index contributed by atoms with van der Waals surface area (Å²) in [5.74, 6) is -2.55. The number of alkyl halides is 3. The molecule has 1 aromatic heterocycles. The van der Waals surface area contributed by atoms with E-state index >= 15 is 0 Å². The van der Waals surface area contributed by atoms with Crippen LogP contribution in [0.2, 0.25) is 0 Å². The van der Waals surface area contributed by atoms with Crippen molar-refractivity contribution >= 4 is 16.9 Å². The number of hydrogen-bond acceptors (Lipinski definition) is 2. The molecular weight excluding hydrogens is 347 g/mol. The number of benzene rings is 1. The van der Waals surface area contributed by atoms with Gasteiger partial charge in [-0.05, 0) is 47.9 Å². The summed E-state index contributed by atoms with van der Waals surface area (Å²) in [6, 6.07) is 3.16. The third-order valence-electron chi connectivity index (χ3n) is 3.82. The fourth-order valence-electron chi connectivity index (χ4n) is 2.71. The molecule has 0 atom stereocenters. The van der Waals surface area contributed by atoms with E-state index in [1.807, 2.05) is 6.08 Å². The van der Waals surface area contributed by atoms with Gasteiger partial charge in [-0.1, -0.05) is 12.1 Å². The van der Waals surface area contributed by atoms with Crippen molar-refractivity contribution in [3.63, 3.8) is 0 Å². The molecule has 2 aromatic rings. The summed E-state index contributed by atoms with van der Waals surface area (Å²) in [5, 5.41) is 1.44. The molecule has 0 saturated carbocycles. The SMILES string of the molecule is Fc1cccc(F)c1OCc1c(C2=CCCC2)csc1C(F)(F)F. The predicted molar refractivity (Wildman–Crippen MR) is 81.8 cm³/mol. The summed E-state index contributed by atoms with van der Waals surface area (Å²) in [6.45, 7) is -0.539. The average molecular weight is 360 g/mol. The lowest BCUT2D eigenvalue weighted by Crippen LogP contribution is -2.10. The Hall–Kier alpha value is -1.89. The van der Waals surface area contributed by atoms with Crippen molar-refractivity contribution in [2.24, 2.45) is 0 Å². The molecule has 3 rings (SSSR count). The molecule has 24 heavy (non-hydrogen) atoms. The highest BCUT2D eigenvalue weighted by molar-refractivity contribution is 7.10. The van der Waals surface area contributed by atoms with Crippen molar-refractivity contribution in [1.29, 1.82) is 0 Å². The van der Waals surface area contributed by atoms with Crippen LogP contribution in [-0.4, -0.2) is 0 Å². The number of thiophene rings is 1. The van der Waals surface area contributed by atoms with Crippen molar-refractivity contribution < 1.29 is 26.7 Å². The Labute approximate surface area is 139 Å². The van der Waals surface area contributed by atoms with Crippen molar-refractivity contribution in [3.8, 4) is 5.75 Å². The van der Waals surface area contributed by atoms with E-state index in [4.69, 9.17) is 4.74 Å². The smallest absolute Gasteiger partial charge is 0.426 e. The monoisotopic (exact) mass is 360 g/mol. The van der Waals surface area contributed by atoms with Gasteiger partial charge in [-0.2, -0.15) is 13.2 Å². The van der Waals surface area contributed by atoms with Crippen LogP contribution in [0.1, 0.15) is 35.3 Å². The standard InChI is InChI=1S/C17H13F5OS/c18-13-6-3-7-14(19)15(13)23-8-11-12(10-4-1-2-5-10)9-24-16(11)17(20,21)22/h3-4,6-7,9H,1-2,5,8H2. The molecule has 1 aliphatic carbocycles. The van der Waals surface area contributed by atoms with Crippen LogP contribution in [0.3, 0.4) is 0 Å². The minimum absolute atomic E-state index is 0.0664. The zero-order valence-electron chi connectivity index (χ0n) is 12.4. The summed E-state index contributed by atoms with van der Waals surface area (Å²) in [6.07, 6.45) is -0.247. The second-order valence-corrected chi connectivity index (χ2v) is 6.30. The summed E-state index contributed by atoms with van der Waals surface area (Å²) >= 11 is 0.580. The van der Waals surface area contributed by atoms with Gasteiger partial charge < -0.3 is 4.74 Å². The van der Waals surface area contributed by atoms with E-state index < -0.39 is 35.0 Å². The molecule has 1 aliphatic rings. The second kappa shape index (κ2) is 6.55. The Bertz CT molecular complexity index is 756. The number of allylic oxidation sites excluding steroid dienone is 2. The normalized spacial score (nSPS) is 14.8. The summed E-state index contributed by atoms with van der Waals surface area (Å²) in [7, 11) is 0. The number of para-hydroxylation sites is 1. The fourth-order valence-corrected chi connectivity index (χ4v) is 3.69. The molecule has 7 heteroatoms. The molecule has 1 nitrogen and oxygen atoms in total. The number of hydrogen-bond donors (Lipinski definition) is 0. The maximum atomic E-state index is 13.6. The Kier molecular flexibility index (Phi) is 4.62. The third-order valence-corrected chi connectivity index (χ3v) is 4.89. The van der Waals surface area contributed by atoms with Crippen LogP contribution in [0.5, 0.6) is 5.75 Å². The third kappa shape index (κ3) is 3.31. The van der Waals surface area contributed by atoms with Gasteiger partial charge in [0.05, 0.1) is 0 Å². The molecular formula is C17H13F5OS. The Morgan fingerprint density at radius 2 is 1.83 bits per heavy atom. The van der Waals surface area contributed by atoms with E-state index in [1.54, 1.807) is 0 Å². The molecule has 0 N–H and O–H groups in total. The van der Waals surface area contributed by atoms with Crippen molar-refractivity contribution in [2.75, 3.05) is 0 Å². The first-order chi connectivity index (χ1) is 11.4. The first-order valence-electron chi connectivity index (χ1n) is 7.31. The first-order valence-corrected chi connectivity index (χ1v) is 8.19. The molecule has 0 aliphatic heterocycles. The lowest BCUT2D eigenvalue weighted by molar-refractivity contribution is -0.135. The molecule has 1 heterocycles. The maximum absolute atomic E-state index is 13.6. The fraction of sp³-hybridized carbons (Fsp3) is 0.294. The van der Waals surface area contributed by atoms with Crippen LogP contribution in [-0.2, 0) is 12.8 Å². The molecule has 0 spiro atoms. The largest absolute Gasteiger partial charge is 0.483 e. The maximum Gasteiger partial charge on any atom is 0.426 e. The van der Waals surface area contributed by atoms with E-state index in [-0.39, 0.29) is 5.56 Å². The van der Waals surface area contributed by atoms with Crippen LogP contribution in [0.15, 0.2) is 29.7 Å². The summed E-state index contributed by atoms with van der Waals surface area (Å²) in [4.78, 5) is -0.790. The van der Waals surface area contributed by atoms with E-state index in [9.17, 15) is 22.0 Å². The number of rotatable bonds is 4. The van der Waals surface area contributed by atoms with Gasteiger partial charge in [0.2, 0.25) is 0 Å². The minimum atomic E-state index is -4.53. The van der Waals surface area contributed by atoms with Crippen LogP contribution in [0.25, 0.3) is 5.57 Å². The molecule has 0 radical (unpaired) electrons. The van der Waals surface area contributed by atoms with Crippen LogP contribution >= 0.6 is 11.3 Å². The van der Waals surface area contributed by atoms with Gasteiger partial charge in [0, 0.05) is 5.56 Å². The zero-order chi connectivity index (χ0) is 17.3. The van der Waals surface area contributed by atoms with Crippen molar-refractivity contribution in [3.05, 3.63) is 57.3 Å². The van der Waals surface area contributed by atoms with E-state index in [2.05, 4.69) is 0 Å². The van der Waals surface area contributed by atoms with Crippen LogP contribution in [0.4, 0.5) is 22.0 Å². The number of halogens is 5. The van der Waals surface area contributed by atoms with E-state index in [0.717, 1.165) is 36.6 Å². The minimum Gasteiger partial charge on any atom is -0.483 e. The highest BCUT2D eigenvalue weighted by Crippen LogP contribution is 2.42. The first kappa shape index (κ1) is 17.0. The molecule has 0 amide bonds. The van der Waals surface area contributed by atoms with Gasteiger partial charge in [0.25, 0.3) is 0 Å². The Morgan fingerprint density at radius 1 is 1.12 bits per heavy atom. The molecule has 128 valence electrons. The Morgan fingerprint density at radius 3 is 2.42 bits per heavy atom. The van der Waals surface area contributed by atoms with Crippen LogP contribution < -0.4 is 4.74 Å². The van der Waals surface area contributed by atoms with Crippen molar-refractivity contribution in [1.82, 2.24) is 0 Å². The quantitative estimate of drug-likeness (QED) is 0.591. The Balaban J connectivity index is 1.95. The topological polar surface area (TPSA) is 9.23 Å². The highest BCUT2D eigenvalue weighted by atomic mass is 32.1. The molecule has 0 unspecified atom stereocenters. The van der Waals surface area contributed by atoms with Gasteiger partial charge in [0.1, 0.15) is 11.5 Å². The van der Waals surface area contributed by atoms with Crippen LogP contribution in [0, 0.1) is 11.6 Å².